The molecule has 0 saturated heterocycles. The molecule has 7 heteroatoms. The van der Waals surface area contributed by atoms with E-state index in [9.17, 15) is 13.2 Å². The van der Waals surface area contributed by atoms with Crippen LogP contribution in [0.1, 0.15) is 11.1 Å². The standard InChI is InChI=1S/C16H17BrN2O3S/c1-11-7-8-15(12(2)9-11)23(21,22)18-10-16(20)19-14-6-4-3-5-13(14)17/h3-9,18H,10H2,1-2H3,(H,19,20). The number of carbonyl (C=O) groups is 1. The maximum absolute atomic E-state index is 12.3. The number of anilines is 1. The van der Waals surface area contributed by atoms with E-state index in [4.69, 9.17) is 0 Å². The number of hydrogen-bond donors (Lipinski definition) is 2. The maximum atomic E-state index is 12.3. The number of halogens is 1. The van der Waals surface area contributed by atoms with Crippen molar-refractivity contribution in [3.8, 4) is 0 Å². The second-order valence-electron chi connectivity index (χ2n) is 5.12. The predicted octanol–water partition coefficient (Wildman–Crippen LogP) is 2.98. The van der Waals surface area contributed by atoms with Gasteiger partial charge in [0.05, 0.1) is 17.1 Å². The summed E-state index contributed by atoms with van der Waals surface area (Å²) < 4.78 is 27.6. The summed E-state index contributed by atoms with van der Waals surface area (Å²) in [6.07, 6.45) is 0. The van der Waals surface area contributed by atoms with Crippen LogP contribution < -0.4 is 10.0 Å². The van der Waals surface area contributed by atoms with Crippen LogP contribution in [-0.2, 0) is 14.8 Å². The summed E-state index contributed by atoms with van der Waals surface area (Å²) in [5.74, 6) is -0.440. The topological polar surface area (TPSA) is 75.3 Å². The molecular weight excluding hydrogens is 380 g/mol. The second kappa shape index (κ2) is 7.25. The van der Waals surface area contributed by atoms with Gasteiger partial charge < -0.3 is 5.32 Å². The number of sulfonamides is 1. The SMILES string of the molecule is Cc1ccc(S(=O)(=O)NCC(=O)Nc2ccccc2Br)c(C)c1. The van der Waals surface area contributed by atoms with Crippen molar-refractivity contribution in [3.05, 3.63) is 58.1 Å². The van der Waals surface area contributed by atoms with Gasteiger partial charge in [0.15, 0.2) is 0 Å². The van der Waals surface area contributed by atoms with Crippen LogP contribution in [-0.4, -0.2) is 20.9 Å². The van der Waals surface area contributed by atoms with E-state index in [1.165, 1.54) is 0 Å². The van der Waals surface area contributed by atoms with Crippen LogP contribution in [0.4, 0.5) is 5.69 Å². The number of amides is 1. The molecule has 0 fully saturated rings. The summed E-state index contributed by atoms with van der Waals surface area (Å²) in [5, 5.41) is 2.65. The average Bonchev–Trinajstić information content (AvgIpc) is 2.47. The molecule has 0 unspecified atom stereocenters. The third kappa shape index (κ3) is 4.63. The van der Waals surface area contributed by atoms with E-state index < -0.39 is 15.9 Å². The molecule has 0 aliphatic heterocycles. The van der Waals surface area contributed by atoms with E-state index in [0.717, 1.165) is 10.0 Å². The normalized spacial score (nSPS) is 11.3. The lowest BCUT2D eigenvalue weighted by Gasteiger charge is -2.11. The van der Waals surface area contributed by atoms with Gasteiger partial charge in [-0.05, 0) is 53.5 Å². The predicted molar refractivity (Wildman–Crippen MR) is 93.9 cm³/mol. The Morgan fingerprint density at radius 1 is 1.13 bits per heavy atom. The molecule has 0 bridgehead atoms. The van der Waals surface area contributed by atoms with E-state index in [1.54, 1.807) is 43.3 Å². The van der Waals surface area contributed by atoms with Crippen molar-refractivity contribution in [2.75, 3.05) is 11.9 Å². The molecule has 0 saturated carbocycles. The zero-order chi connectivity index (χ0) is 17.0. The molecule has 0 spiro atoms. The molecule has 2 N–H and O–H groups in total. The summed E-state index contributed by atoms with van der Waals surface area (Å²) in [6.45, 7) is 3.28. The number of rotatable bonds is 5. The molecule has 2 aromatic rings. The second-order valence-corrected chi connectivity index (χ2v) is 7.71. The van der Waals surface area contributed by atoms with E-state index in [0.29, 0.717) is 11.3 Å². The first-order chi connectivity index (χ1) is 10.8. The van der Waals surface area contributed by atoms with Crippen LogP contribution in [0.25, 0.3) is 0 Å². The Labute approximate surface area is 144 Å². The van der Waals surface area contributed by atoms with Gasteiger partial charge >= 0.3 is 0 Å². The highest BCUT2D eigenvalue weighted by Crippen LogP contribution is 2.21. The van der Waals surface area contributed by atoms with Crippen molar-refractivity contribution in [2.24, 2.45) is 0 Å². The largest absolute Gasteiger partial charge is 0.324 e. The van der Waals surface area contributed by atoms with Crippen molar-refractivity contribution in [1.29, 1.82) is 0 Å². The van der Waals surface area contributed by atoms with Crippen LogP contribution in [0.15, 0.2) is 51.8 Å². The van der Waals surface area contributed by atoms with Gasteiger partial charge in [0.2, 0.25) is 15.9 Å². The fourth-order valence-corrected chi connectivity index (χ4v) is 3.69. The van der Waals surface area contributed by atoms with Crippen LogP contribution in [0, 0.1) is 13.8 Å². The smallest absolute Gasteiger partial charge is 0.241 e. The zero-order valence-electron chi connectivity index (χ0n) is 12.8. The molecule has 1 amide bonds. The minimum absolute atomic E-state index is 0.178. The lowest BCUT2D eigenvalue weighted by Crippen LogP contribution is -2.33. The van der Waals surface area contributed by atoms with Gasteiger partial charge in [-0.2, -0.15) is 0 Å². The number of hydrogen-bond acceptors (Lipinski definition) is 3. The highest BCUT2D eigenvalue weighted by Gasteiger charge is 2.18. The van der Waals surface area contributed by atoms with Crippen LogP contribution in [0.5, 0.6) is 0 Å². The van der Waals surface area contributed by atoms with Gasteiger partial charge in [-0.15, -0.1) is 0 Å². The van der Waals surface area contributed by atoms with Gasteiger partial charge in [-0.1, -0.05) is 29.8 Å². The number of carbonyl (C=O) groups excluding carboxylic acids is 1. The summed E-state index contributed by atoms with van der Waals surface area (Å²) in [5.41, 5.74) is 2.21. The van der Waals surface area contributed by atoms with Gasteiger partial charge in [0, 0.05) is 4.47 Å². The van der Waals surface area contributed by atoms with Crippen molar-refractivity contribution in [1.82, 2.24) is 4.72 Å². The molecule has 0 heterocycles. The minimum atomic E-state index is -3.73. The van der Waals surface area contributed by atoms with Crippen LogP contribution in [0.3, 0.4) is 0 Å². The van der Waals surface area contributed by atoms with E-state index in [1.807, 2.05) is 13.0 Å². The summed E-state index contributed by atoms with van der Waals surface area (Å²) in [7, 11) is -3.73. The summed E-state index contributed by atoms with van der Waals surface area (Å²) in [6, 6.07) is 12.2. The van der Waals surface area contributed by atoms with Crippen molar-refractivity contribution in [3.63, 3.8) is 0 Å². The first-order valence-electron chi connectivity index (χ1n) is 6.91. The van der Waals surface area contributed by atoms with E-state index in [2.05, 4.69) is 26.0 Å². The maximum Gasteiger partial charge on any atom is 0.241 e. The Hall–Kier alpha value is -1.70. The van der Waals surface area contributed by atoms with Crippen LogP contribution in [0.2, 0.25) is 0 Å². The number of benzene rings is 2. The molecule has 0 atom stereocenters. The van der Waals surface area contributed by atoms with E-state index >= 15 is 0 Å². The van der Waals surface area contributed by atoms with Crippen molar-refractivity contribution < 1.29 is 13.2 Å². The Morgan fingerprint density at radius 2 is 1.83 bits per heavy atom. The quantitative estimate of drug-likeness (QED) is 0.815. The molecule has 2 rings (SSSR count). The molecule has 23 heavy (non-hydrogen) atoms. The fourth-order valence-electron chi connectivity index (χ4n) is 2.10. The lowest BCUT2D eigenvalue weighted by atomic mass is 10.2. The van der Waals surface area contributed by atoms with Gasteiger partial charge in [-0.25, -0.2) is 13.1 Å². The highest BCUT2D eigenvalue weighted by atomic mass is 79.9. The molecule has 0 radical (unpaired) electrons. The molecule has 5 nitrogen and oxygen atoms in total. The highest BCUT2D eigenvalue weighted by molar-refractivity contribution is 9.10. The summed E-state index contributed by atoms with van der Waals surface area (Å²) >= 11 is 3.31. The Bertz CT molecular complexity index is 835. The zero-order valence-corrected chi connectivity index (χ0v) is 15.2. The number of aryl methyl sites for hydroxylation is 2. The van der Waals surface area contributed by atoms with Crippen molar-refractivity contribution >= 4 is 37.5 Å². The molecule has 2 aromatic carbocycles. The van der Waals surface area contributed by atoms with Crippen molar-refractivity contribution in [2.45, 2.75) is 18.7 Å². The lowest BCUT2D eigenvalue weighted by molar-refractivity contribution is -0.115. The van der Waals surface area contributed by atoms with Gasteiger partial charge in [0.1, 0.15) is 0 Å². The molecular formula is C16H17BrN2O3S. The Balaban J connectivity index is 2.04. The van der Waals surface area contributed by atoms with Gasteiger partial charge in [0.25, 0.3) is 0 Å². The monoisotopic (exact) mass is 396 g/mol. The van der Waals surface area contributed by atoms with Gasteiger partial charge in [-0.3, -0.25) is 4.79 Å². The fraction of sp³-hybridized carbons (Fsp3) is 0.188. The van der Waals surface area contributed by atoms with Crippen LogP contribution >= 0.6 is 15.9 Å². The summed E-state index contributed by atoms with van der Waals surface area (Å²) in [4.78, 5) is 12.1. The third-order valence-corrected chi connectivity index (χ3v) is 5.44. The third-order valence-electron chi connectivity index (χ3n) is 3.19. The molecule has 0 aromatic heterocycles. The van der Waals surface area contributed by atoms with E-state index in [-0.39, 0.29) is 11.4 Å². The Morgan fingerprint density at radius 3 is 2.48 bits per heavy atom. The molecule has 0 aliphatic carbocycles. The molecule has 122 valence electrons. The Kier molecular flexibility index (Phi) is 5.56. The molecule has 0 aliphatic rings. The number of para-hydroxylation sites is 1. The first-order valence-corrected chi connectivity index (χ1v) is 9.18. The minimum Gasteiger partial charge on any atom is -0.324 e. The number of nitrogens with one attached hydrogen (secondary N) is 2. The first kappa shape index (κ1) is 17.7. The average molecular weight is 397 g/mol.